The van der Waals surface area contributed by atoms with Crippen LogP contribution >= 0.6 is 0 Å². The van der Waals surface area contributed by atoms with E-state index in [1.807, 2.05) is 43.5 Å². The molecule has 7 rings (SSSR count). The first kappa shape index (κ1) is 36.8. The van der Waals surface area contributed by atoms with E-state index in [0.717, 1.165) is 56.9 Å². The molecule has 0 spiro atoms. The van der Waals surface area contributed by atoms with Crippen LogP contribution in [0, 0.1) is 30.9 Å². The maximum absolute atomic E-state index is 5.90. The number of aryl methyl sites for hydroxylation is 1. The summed E-state index contributed by atoms with van der Waals surface area (Å²) in [6.45, 7) is 16.1. The summed E-state index contributed by atoms with van der Waals surface area (Å²) in [5.41, 5.74) is 9.45. The van der Waals surface area contributed by atoms with Crippen molar-refractivity contribution in [2.24, 2.45) is 11.8 Å². The maximum atomic E-state index is 5.90. The molecule has 6 aromatic rings. The van der Waals surface area contributed by atoms with Gasteiger partial charge in [-0.2, -0.15) is 0 Å². The molecule has 0 amide bonds. The number of fused-ring (bicyclic) bond motifs is 3. The van der Waals surface area contributed by atoms with Crippen molar-refractivity contribution in [3.05, 3.63) is 108 Å². The summed E-state index contributed by atoms with van der Waals surface area (Å²) in [4.78, 5) is 13.8. The summed E-state index contributed by atoms with van der Waals surface area (Å²) in [6.07, 6.45) is 12.0. The van der Waals surface area contributed by atoms with Gasteiger partial charge in [-0.05, 0) is 78.7 Å². The summed E-state index contributed by atoms with van der Waals surface area (Å²) in [5, 5.41) is 3.61. The average Bonchev–Trinajstić information content (AvgIpc) is 3.45. The number of rotatable bonds is 7. The average molecular weight is 844 g/mol. The molecule has 1 atom stereocenters. The number of nitrogens with zero attached hydrogens (tertiary/aromatic N) is 3. The number of hydrogen-bond acceptors (Lipinski definition) is 4. The van der Waals surface area contributed by atoms with Crippen molar-refractivity contribution < 1.29 is 24.5 Å². The largest absolute Gasteiger partial charge is 0.486 e. The van der Waals surface area contributed by atoms with Crippen LogP contribution in [0.4, 0.5) is 0 Å². The Morgan fingerprint density at radius 1 is 0.857 bits per heavy atom. The molecule has 257 valence electrons. The molecule has 1 saturated carbocycles. The van der Waals surface area contributed by atoms with Gasteiger partial charge in [-0.3, -0.25) is 0 Å². The number of benzene rings is 2. The monoisotopic (exact) mass is 844 g/mol. The molecule has 49 heavy (non-hydrogen) atoms. The van der Waals surface area contributed by atoms with Gasteiger partial charge in [0.1, 0.15) is 0 Å². The zero-order chi connectivity index (χ0) is 33.8. The third-order valence-electron chi connectivity index (χ3n) is 9.76. The second-order valence-corrected chi connectivity index (χ2v) is 20.1. The Balaban J connectivity index is 0.000000199. The van der Waals surface area contributed by atoms with Crippen molar-refractivity contribution in [1.29, 1.82) is 0 Å². The van der Waals surface area contributed by atoms with Crippen LogP contribution in [-0.4, -0.2) is 23.0 Å². The second-order valence-electron chi connectivity index (χ2n) is 15.0. The predicted molar refractivity (Wildman–Crippen MR) is 203 cm³/mol. The smallest absolute Gasteiger partial charge is 0.216 e. The third kappa shape index (κ3) is 8.84. The quantitative estimate of drug-likeness (QED) is 0.119. The van der Waals surface area contributed by atoms with E-state index < -0.39 is 8.07 Å². The van der Waals surface area contributed by atoms with Crippen LogP contribution in [0.2, 0.25) is 19.6 Å². The van der Waals surface area contributed by atoms with Crippen molar-refractivity contribution >= 4 is 35.3 Å². The van der Waals surface area contributed by atoms with Gasteiger partial charge in [0.05, 0.1) is 13.7 Å². The Morgan fingerprint density at radius 2 is 1.63 bits per heavy atom. The van der Waals surface area contributed by atoms with Gasteiger partial charge in [0.2, 0.25) is 5.71 Å². The van der Waals surface area contributed by atoms with Gasteiger partial charge in [-0.1, -0.05) is 88.3 Å². The molecule has 4 nitrogen and oxygen atoms in total. The van der Waals surface area contributed by atoms with Crippen LogP contribution in [0.3, 0.4) is 0 Å². The number of furan rings is 1. The predicted octanol–water partition coefficient (Wildman–Crippen LogP) is 11.1. The Kier molecular flexibility index (Phi) is 12.1. The molecule has 1 unspecified atom stereocenters. The normalized spacial score (nSPS) is 14.4. The number of pyridine rings is 3. The number of aromatic nitrogens is 3. The standard InChI is InChI=1S/C25H25N2O.C18H24NSi.Ir/c1-16-8-10-21-22-14-20(9-11-24(22)28-25(21)27-16)23-15-19(12-13-26-23)17(2)18-6-4-3-5-7-18;1-14(2)11-16-12-17(15-9-7-6-8-10-15)19-13-18(16)20(3,4)5;/h8,10-15,17-18H,3-7H2,1-2H3;6-9,12-14H,11H2,1-5H3;/q2*-1;. The van der Waals surface area contributed by atoms with Crippen molar-refractivity contribution in [3.63, 3.8) is 0 Å². The van der Waals surface area contributed by atoms with E-state index in [-0.39, 0.29) is 20.1 Å². The SMILES string of the molecule is CC(C)Cc1cc(-c2[c-]cccc2)ncc1[Si](C)(C)C.Cc1ccc2c(n1)oc1c[c-]c(-c3cc(C(C)C4CCCCC4)ccn3)cc12.[Ir]. The van der Waals surface area contributed by atoms with Gasteiger partial charge in [-0.25, -0.2) is 4.98 Å². The molecule has 1 aliphatic carbocycles. The summed E-state index contributed by atoms with van der Waals surface area (Å²) >= 11 is 0. The molecule has 4 heterocycles. The van der Waals surface area contributed by atoms with E-state index in [2.05, 4.69) is 110 Å². The fraction of sp³-hybridized carbons (Fsp3) is 0.372. The van der Waals surface area contributed by atoms with Crippen molar-refractivity contribution in [2.75, 3.05) is 0 Å². The first-order valence-corrected chi connectivity index (χ1v) is 21.2. The zero-order valence-electron chi connectivity index (χ0n) is 30.1. The molecule has 6 heteroatoms. The summed E-state index contributed by atoms with van der Waals surface area (Å²) in [5.74, 6) is 2.04. The van der Waals surface area contributed by atoms with E-state index in [1.165, 1.54) is 48.4 Å². The Labute approximate surface area is 307 Å². The van der Waals surface area contributed by atoms with E-state index in [4.69, 9.17) is 4.42 Å². The molecule has 0 aliphatic heterocycles. The Bertz CT molecular complexity index is 1990. The van der Waals surface area contributed by atoms with Crippen molar-refractivity contribution in [1.82, 2.24) is 15.0 Å². The fourth-order valence-electron chi connectivity index (χ4n) is 7.11. The zero-order valence-corrected chi connectivity index (χ0v) is 33.5. The fourth-order valence-corrected chi connectivity index (χ4v) is 8.70. The van der Waals surface area contributed by atoms with Gasteiger partial charge < -0.3 is 14.4 Å². The van der Waals surface area contributed by atoms with Crippen LogP contribution in [-0.2, 0) is 26.5 Å². The minimum atomic E-state index is -1.34. The van der Waals surface area contributed by atoms with Gasteiger partial charge in [0.15, 0.2) is 0 Å². The van der Waals surface area contributed by atoms with Crippen LogP contribution in [0.5, 0.6) is 0 Å². The molecule has 1 fully saturated rings. The van der Waals surface area contributed by atoms with Crippen LogP contribution < -0.4 is 5.19 Å². The van der Waals surface area contributed by atoms with Gasteiger partial charge >= 0.3 is 0 Å². The van der Waals surface area contributed by atoms with E-state index in [0.29, 0.717) is 17.5 Å². The molecule has 4 aromatic heterocycles. The second kappa shape index (κ2) is 16.1. The molecule has 0 N–H and O–H groups in total. The summed E-state index contributed by atoms with van der Waals surface area (Å²) in [6, 6.07) is 29.6. The van der Waals surface area contributed by atoms with E-state index in [9.17, 15) is 0 Å². The molecule has 0 bridgehead atoms. The molecule has 1 radical (unpaired) electrons. The number of hydrogen-bond donors (Lipinski definition) is 0. The van der Waals surface area contributed by atoms with Crippen molar-refractivity contribution in [2.45, 2.75) is 91.8 Å². The first-order chi connectivity index (χ1) is 23.1. The van der Waals surface area contributed by atoms with Gasteiger partial charge in [0, 0.05) is 43.6 Å². The molecular weight excluding hydrogens is 795 g/mol. The van der Waals surface area contributed by atoms with Crippen LogP contribution in [0.25, 0.3) is 44.6 Å². The molecule has 2 aromatic carbocycles. The minimum Gasteiger partial charge on any atom is -0.486 e. The molecule has 0 saturated heterocycles. The van der Waals surface area contributed by atoms with Crippen molar-refractivity contribution in [3.8, 4) is 22.5 Å². The summed E-state index contributed by atoms with van der Waals surface area (Å²) in [7, 11) is -1.34. The minimum absolute atomic E-state index is 0. The van der Waals surface area contributed by atoms with Crippen LogP contribution in [0.1, 0.15) is 75.6 Å². The van der Waals surface area contributed by atoms with E-state index >= 15 is 0 Å². The molecule has 1 aliphatic rings. The Morgan fingerprint density at radius 3 is 2.35 bits per heavy atom. The maximum Gasteiger partial charge on any atom is 0.216 e. The molecular formula is C43H49IrN3OSi-2. The topological polar surface area (TPSA) is 51.8 Å². The van der Waals surface area contributed by atoms with Gasteiger partial charge in [0.25, 0.3) is 0 Å². The Hall–Kier alpha value is -3.44. The van der Waals surface area contributed by atoms with E-state index in [1.54, 1.807) is 0 Å². The van der Waals surface area contributed by atoms with Crippen LogP contribution in [0.15, 0.2) is 83.5 Å². The third-order valence-corrected chi connectivity index (χ3v) is 11.8. The van der Waals surface area contributed by atoms with Gasteiger partial charge in [-0.15, -0.1) is 59.7 Å². The summed E-state index contributed by atoms with van der Waals surface area (Å²) < 4.78 is 5.90. The first-order valence-electron chi connectivity index (χ1n) is 17.7.